The molecular weight excluding hydrogens is 364 g/mol. The van der Waals surface area contributed by atoms with Gasteiger partial charge in [-0.3, -0.25) is 0 Å². The summed E-state index contributed by atoms with van der Waals surface area (Å²) in [6.07, 6.45) is 6.56. The molecule has 1 aliphatic heterocycles. The Morgan fingerprint density at radius 3 is 2.46 bits per heavy atom. The summed E-state index contributed by atoms with van der Waals surface area (Å²) in [4.78, 5) is 4.12. The molecule has 0 fully saturated rings. The van der Waals surface area contributed by atoms with Crippen LogP contribution in [0.4, 0.5) is 0 Å². The van der Waals surface area contributed by atoms with Gasteiger partial charge >= 0.3 is 0 Å². The quantitative estimate of drug-likeness (QED) is 0.615. The lowest BCUT2D eigenvalue weighted by atomic mass is 9.83. The maximum absolute atomic E-state index is 9.11. The van der Waals surface area contributed by atoms with Gasteiger partial charge in [-0.25, -0.2) is 0 Å². The van der Waals surface area contributed by atoms with E-state index in [1.165, 1.54) is 11.1 Å². The van der Waals surface area contributed by atoms with Crippen LogP contribution < -0.4 is 4.74 Å². The fourth-order valence-corrected chi connectivity index (χ4v) is 4.18. The molecule has 1 aliphatic carbocycles. The van der Waals surface area contributed by atoms with Crippen molar-refractivity contribution in [2.45, 2.75) is 37.7 Å². The van der Waals surface area contributed by atoms with Crippen LogP contribution in [0.3, 0.4) is 0 Å². The maximum atomic E-state index is 9.11. The number of nitrogens with zero attached hydrogens (tertiary/aromatic N) is 2. The van der Waals surface area contributed by atoms with E-state index in [0.29, 0.717) is 6.42 Å². The summed E-state index contributed by atoms with van der Waals surface area (Å²) < 4.78 is 7.46. The van der Waals surface area contributed by atoms with Gasteiger partial charge in [0.1, 0.15) is 11.4 Å². The predicted octanol–water partition coefficient (Wildman–Crippen LogP) is 4.82. The fourth-order valence-electron chi connectivity index (χ4n) is 3.82. The van der Waals surface area contributed by atoms with Crippen molar-refractivity contribution in [3.8, 4) is 11.9 Å². The molecule has 1 spiro atoms. The van der Waals surface area contributed by atoms with E-state index in [9.17, 15) is 0 Å². The molecule has 120 valence electrons. The SMILES string of the molecule is N#C/N=C1\CC2(CCc3ccccc3CC2)Oc2ccc(Br)cc21. The van der Waals surface area contributed by atoms with Crippen LogP contribution in [0, 0.1) is 11.5 Å². The first-order chi connectivity index (χ1) is 11.7. The van der Waals surface area contributed by atoms with E-state index in [0.717, 1.165) is 47.2 Å². The van der Waals surface area contributed by atoms with Gasteiger partial charge in [0.05, 0.1) is 5.71 Å². The van der Waals surface area contributed by atoms with E-state index in [4.69, 9.17) is 10.00 Å². The minimum absolute atomic E-state index is 0.268. The summed E-state index contributed by atoms with van der Waals surface area (Å²) in [7, 11) is 0. The summed E-state index contributed by atoms with van der Waals surface area (Å²) in [5.74, 6) is 0.837. The summed E-state index contributed by atoms with van der Waals surface area (Å²) in [6.45, 7) is 0. The molecule has 0 N–H and O–H groups in total. The molecule has 0 unspecified atom stereocenters. The van der Waals surface area contributed by atoms with Gasteiger partial charge in [-0.1, -0.05) is 40.2 Å². The monoisotopic (exact) mass is 380 g/mol. The Labute approximate surface area is 150 Å². The van der Waals surface area contributed by atoms with E-state index in [2.05, 4.69) is 45.2 Å². The minimum Gasteiger partial charge on any atom is -0.486 e. The van der Waals surface area contributed by atoms with Crippen molar-refractivity contribution in [1.82, 2.24) is 0 Å². The third-order valence-electron chi connectivity index (χ3n) is 5.07. The summed E-state index contributed by atoms with van der Waals surface area (Å²) in [5, 5.41) is 9.11. The van der Waals surface area contributed by atoms with Gasteiger partial charge in [0.15, 0.2) is 0 Å². The van der Waals surface area contributed by atoms with Crippen molar-refractivity contribution in [3.63, 3.8) is 0 Å². The number of benzene rings is 2. The molecular formula is C20H17BrN2O. The third kappa shape index (κ3) is 2.74. The molecule has 4 heteroatoms. The Morgan fingerprint density at radius 1 is 1.08 bits per heavy atom. The molecule has 0 atom stereocenters. The average Bonchev–Trinajstić information content (AvgIpc) is 2.77. The van der Waals surface area contributed by atoms with Crippen LogP contribution >= 0.6 is 15.9 Å². The Balaban J connectivity index is 1.72. The topological polar surface area (TPSA) is 45.4 Å². The molecule has 24 heavy (non-hydrogen) atoms. The van der Waals surface area contributed by atoms with E-state index >= 15 is 0 Å². The first-order valence-electron chi connectivity index (χ1n) is 8.20. The number of hydrogen-bond acceptors (Lipinski definition) is 3. The van der Waals surface area contributed by atoms with E-state index in [-0.39, 0.29) is 5.60 Å². The predicted molar refractivity (Wildman–Crippen MR) is 97.4 cm³/mol. The van der Waals surface area contributed by atoms with Crippen molar-refractivity contribution >= 4 is 21.6 Å². The van der Waals surface area contributed by atoms with Crippen molar-refractivity contribution in [3.05, 3.63) is 63.6 Å². The summed E-state index contributed by atoms with van der Waals surface area (Å²) in [5.41, 5.74) is 4.33. The first-order valence-corrected chi connectivity index (χ1v) is 9.00. The van der Waals surface area contributed by atoms with Crippen LogP contribution in [0.2, 0.25) is 0 Å². The number of halogens is 1. The average molecular weight is 381 g/mol. The van der Waals surface area contributed by atoms with E-state index in [1.54, 1.807) is 0 Å². The van der Waals surface area contributed by atoms with E-state index < -0.39 is 0 Å². The van der Waals surface area contributed by atoms with Crippen LogP contribution in [0.15, 0.2) is 51.9 Å². The minimum atomic E-state index is -0.268. The molecule has 0 amide bonds. The van der Waals surface area contributed by atoms with Gasteiger partial charge in [-0.05, 0) is 55.0 Å². The van der Waals surface area contributed by atoms with Crippen LogP contribution in [0.5, 0.6) is 5.75 Å². The molecule has 2 aromatic carbocycles. The number of aryl methyl sites for hydroxylation is 2. The van der Waals surface area contributed by atoms with Crippen molar-refractivity contribution in [1.29, 1.82) is 5.26 Å². The second-order valence-corrected chi connectivity index (χ2v) is 7.45. The molecule has 1 heterocycles. The summed E-state index contributed by atoms with van der Waals surface area (Å²) in [6, 6.07) is 14.6. The molecule has 0 bridgehead atoms. The zero-order chi connectivity index (χ0) is 16.6. The second-order valence-electron chi connectivity index (χ2n) is 6.53. The number of hydrogen-bond donors (Lipinski definition) is 0. The van der Waals surface area contributed by atoms with E-state index in [1.807, 2.05) is 24.4 Å². The van der Waals surface area contributed by atoms with Crippen LogP contribution in [-0.4, -0.2) is 11.3 Å². The molecule has 4 rings (SSSR count). The van der Waals surface area contributed by atoms with Gasteiger partial charge in [0.25, 0.3) is 0 Å². The highest BCUT2D eigenvalue weighted by molar-refractivity contribution is 9.10. The van der Waals surface area contributed by atoms with Gasteiger partial charge in [0, 0.05) is 16.5 Å². The van der Waals surface area contributed by atoms with Gasteiger partial charge < -0.3 is 4.74 Å². The van der Waals surface area contributed by atoms with Crippen molar-refractivity contribution < 1.29 is 4.74 Å². The third-order valence-corrected chi connectivity index (χ3v) is 5.57. The van der Waals surface area contributed by atoms with Crippen molar-refractivity contribution in [2.75, 3.05) is 0 Å². The Morgan fingerprint density at radius 2 is 1.79 bits per heavy atom. The van der Waals surface area contributed by atoms with Crippen LogP contribution in [0.25, 0.3) is 0 Å². The summed E-state index contributed by atoms with van der Waals surface area (Å²) >= 11 is 3.50. The Bertz CT molecular complexity index is 839. The highest BCUT2D eigenvalue weighted by Gasteiger charge is 2.40. The maximum Gasteiger partial charge on any atom is 0.205 e. The standard InChI is InChI=1S/C20H17BrN2O/c21-16-5-6-19-17(11-16)18(23-13-22)12-20(24-19)9-7-14-3-1-2-4-15(14)8-10-20/h1-6,11H,7-10,12H2/b23-18+. The van der Waals surface area contributed by atoms with Crippen LogP contribution in [-0.2, 0) is 12.8 Å². The lowest BCUT2D eigenvalue weighted by Gasteiger charge is -2.38. The molecule has 0 radical (unpaired) electrons. The normalized spacial score (nSPS) is 19.8. The smallest absolute Gasteiger partial charge is 0.205 e. The Hall–Kier alpha value is -2.12. The molecule has 2 aromatic rings. The molecule has 3 nitrogen and oxygen atoms in total. The zero-order valence-electron chi connectivity index (χ0n) is 13.3. The largest absolute Gasteiger partial charge is 0.486 e. The number of fused-ring (bicyclic) bond motifs is 2. The highest BCUT2D eigenvalue weighted by atomic mass is 79.9. The van der Waals surface area contributed by atoms with Gasteiger partial charge in [-0.15, -0.1) is 0 Å². The molecule has 0 saturated carbocycles. The Kier molecular flexibility index (Phi) is 3.90. The number of ether oxygens (including phenoxy) is 1. The molecule has 0 aromatic heterocycles. The highest BCUT2D eigenvalue weighted by Crippen LogP contribution is 2.41. The number of rotatable bonds is 0. The first kappa shape index (κ1) is 15.4. The van der Waals surface area contributed by atoms with Crippen LogP contribution in [0.1, 0.15) is 36.0 Å². The lowest BCUT2D eigenvalue weighted by molar-refractivity contribution is 0.0552. The zero-order valence-corrected chi connectivity index (χ0v) is 14.8. The molecule has 2 aliphatic rings. The van der Waals surface area contributed by atoms with Gasteiger partial charge in [-0.2, -0.15) is 10.3 Å². The van der Waals surface area contributed by atoms with Gasteiger partial charge in [0.2, 0.25) is 6.19 Å². The fraction of sp³-hybridized carbons (Fsp3) is 0.300. The van der Waals surface area contributed by atoms with Crippen molar-refractivity contribution in [2.24, 2.45) is 4.99 Å². The lowest BCUT2D eigenvalue weighted by Crippen LogP contribution is -2.42. The number of aliphatic imine (C=N–C) groups is 1. The molecule has 0 saturated heterocycles. The second kappa shape index (κ2) is 6.07. The number of nitriles is 1.